The number of nitrogens with zero attached hydrogens (tertiary/aromatic N) is 7. The highest BCUT2D eigenvalue weighted by Crippen LogP contribution is 2.28. The van der Waals surface area contributed by atoms with Crippen LogP contribution in [0.25, 0.3) is 22.4 Å². The monoisotopic (exact) mass is 515 g/mol. The number of para-hydroxylation sites is 2. The molecule has 0 saturated carbocycles. The van der Waals surface area contributed by atoms with Crippen molar-refractivity contribution in [2.24, 2.45) is 7.05 Å². The molecular formula is C29H25N9O. The molecule has 0 aliphatic carbocycles. The standard InChI is InChI=1S/C29H25N9O/c1-18(33-29(39)24-26(30)35-37-16-8-15-31-28(24)37)27-34-23-12-7-9-20(13-14-21-17-32-36(3)19(21)2)25(23)38(27)22-10-5-4-6-11-22/h4-12,15-18H,1-3H3,(H2,30,35)(H,33,39). The maximum atomic E-state index is 13.4. The van der Waals surface area contributed by atoms with Crippen molar-refractivity contribution in [2.75, 3.05) is 5.73 Å². The van der Waals surface area contributed by atoms with Gasteiger partial charge in [0.25, 0.3) is 5.91 Å². The van der Waals surface area contributed by atoms with Crippen LogP contribution >= 0.6 is 0 Å². The quantitative estimate of drug-likeness (QED) is 0.346. The molecule has 1 amide bonds. The van der Waals surface area contributed by atoms with Crippen molar-refractivity contribution in [3.8, 4) is 17.5 Å². The summed E-state index contributed by atoms with van der Waals surface area (Å²) in [5.74, 6) is 6.96. The predicted octanol–water partition coefficient (Wildman–Crippen LogP) is 3.58. The molecule has 1 unspecified atom stereocenters. The van der Waals surface area contributed by atoms with E-state index in [0.29, 0.717) is 11.5 Å². The molecule has 3 N–H and O–H groups in total. The molecule has 6 aromatic rings. The zero-order chi connectivity index (χ0) is 27.1. The van der Waals surface area contributed by atoms with E-state index in [1.807, 2.05) is 74.0 Å². The molecular weight excluding hydrogens is 490 g/mol. The van der Waals surface area contributed by atoms with Crippen molar-refractivity contribution >= 4 is 28.4 Å². The zero-order valence-corrected chi connectivity index (χ0v) is 21.6. The van der Waals surface area contributed by atoms with Crippen LogP contribution in [0.15, 0.2) is 73.2 Å². The molecule has 0 aliphatic rings. The smallest absolute Gasteiger partial charge is 0.259 e. The van der Waals surface area contributed by atoms with E-state index in [0.717, 1.165) is 33.5 Å². The minimum absolute atomic E-state index is 0.109. The first kappa shape index (κ1) is 23.9. The third-order valence-corrected chi connectivity index (χ3v) is 6.67. The number of aromatic nitrogens is 7. The predicted molar refractivity (Wildman–Crippen MR) is 148 cm³/mol. The Morgan fingerprint density at radius 3 is 2.62 bits per heavy atom. The van der Waals surface area contributed by atoms with Crippen LogP contribution in [-0.2, 0) is 7.05 Å². The van der Waals surface area contributed by atoms with E-state index in [1.54, 1.807) is 29.3 Å². The lowest BCUT2D eigenvalue weighted by molar-refractivity contribution is 0.0940. The molecule has 6 rings (SSSR count). The fourth-order valence-electron chi connectivity index (χ4n) is 4.59. The molecule has 4 heterocycles. The number of nitrogens with one attached hydrogen (secondary N) is 1. The van der Waals surface area contributed by atoms with Crippen LogP contribution in [0.3, 0.4) is 0 Å². The molecule has 39 heavy (non-hydrogen) atoms. The third-order valence-electron chi connectivity index (χ3n) is 6.67. The molecule has 10 nitrogen and oxygen atoms in total. The Morgan fingerprint density at radius 1 is 1.05 bits per heavy atom. The summed E-state index contributed by atoms with van der Waals surface area (Å²) >= 11 is 0. The van der Waals surface area contributed by atoms with E-state index in [9.17, 15) is 4.79 Å². The molecule has 0 spiro atoms. The van der Waals surface area contributed by atoms with E-state index in [-0.39, 0.29) is 17.3 Å². The molecule has 0 bridgehead atoms. The highest BCUT2D eigenvalue weighted by molar-refractivity contribution is 6.04. The molecule has 0 aliphatic heterocycles. The first-order chi connectivity index (χ1) is 18.9. The van der Waals surface area contributed by atoms with Crippen molar-refractivity contribution in [1.29, 1.82) is 0 Å². The van der Waals surface area contributed by atoms with Gasteiger partial charge in [-0.05, 0) is 44.2 Å². The Morgan fingerprint density at radius 2 is 1.85 bits per heavy atom. The normalized spacial score (nSPS) is 11.9. The maximum Gasteiger partial charge on any atom is 0.259 e. The number of hydrogen-bond acceptors (Lipinski definition) is 6. The van der Waals surface area contributed by atoms with Gasteiger partial charge in [0.2, 0.25) is 0 Å². The number of benzene rings is 2. The first-order valence-corrected chi connectivity index (χ1v) is 12.4. The molecule has 4 aromatic heterocycles. The Labute approximate surface area is 224 Å². The lowest BCUT2D eigenvalue weighted by Crippen LogP contribution is -2.29. The molecule has 192 valence electrons. The zero-order valence-electron chi connectivity index (χ0n) is 21.6. The van der Waals surface area contributed by atoms with E-state index >= 15 is 0 Å². The number of nitrogen functional groups attached to an aromatic ring is 1. The SMILES string of the molecule is Cc1c(C#Cc2cccc3nc(C(C)NC(=O)c4c(N)nn5cccnc45)n(-c4ccccc4)c23)cnn1C. The summed E-state index contributed by atoms with van der Waals surface area (Å²) in [5, 5.41) is 11.5. The Balaban J connectivity index is 1.46. The van der Waals surface area contributed by atoms with Crippen molar-refractivity contribution < 1.29 is 4.79 Å². The van der Waals surface area contributed by atoms with Gasteiger partial charge >= 0.3 is 0 Å². The van der Waals surface area contributed by atoms with Gasteiger partial charge < -0.3 is 11.1 Å². The summed E-state index contributed by atoms with van der Waals surface area (Å²) in [6.07, 6.45) is 5.06. The van der Waals surface area contributed by atoms with Crippen molar-refractivity contribution in [2.45, 2.75) is 19.9 Å². The number of hydrogen-bond donors (Lipinski definition) is 2. The fourth-order valence-corrected chi connectivity index (χ4v) is 4.59. The topological polar surface area (TPSA) is 121 Å². The number of nitrogens with two attached hydrogens (primary N) is 1. The number of fused-ring (bicyclic) bond motifs is 2. The van der Waals surface area contributed by atoms with Gasteiger partial charge in [0.05, 0.1) is 40.1 Å². The second-order valence-corrected chi connectivity index (χ2v) is 9.17. The largest absolute Gasteiger partial charge is 0.381 e. The maximum absolute atomic E-state index is 13.4. The lowest BCUT2D eigenvalue weighted by Gasteiger charge is -2.16. The van der Waals surface area contributed by atoms with Crippen LogP contribution in [-0.4, -0.2) is 39.8 Å². The van der Waals surface area contributed by atoms with Crippen LogP contribution in [0, 0.1) is 18.8 Å². The van der Waals surface area contributed by atoms with Gasteiger partial charge in [-0.15, -0.1) is 5.10 Å². The summed E-state index contributed by atoms with van der Waals surface area (Å²) in [6.45, 7) is 3.87. The second kappa shape index (κ2) is 9.46. The van der Waals surface area contributed by atoms with Crippen LogP contribution in [0.1, 0.15) is 46.0 Å². The van der Waals surface area contributed by atoms with Crippen LogP contribution in [0.5, 0.6) is 0 Å². The van der Waals surface area contributed by atoms with E-state index < -0.39 is 6.04 Å². The number of imidazole rings is 1. The average Bonchev–Trinajstić information content (AvgIpc) is 3.60. The van der Waals surface area contributed by atoms with Crippen molar-refractivity contribution in [3.05, 3.63) is 101 Å². The molecule has 1 atom stereocenters. The average molecular weight is 516 g/mol. The van der Waals surface area contributed by atoms with Gasteiger partial charge in [0, 0.05) is 25.1 Å². The highest BCUT2D eigenvalue weighted by Gasteiger charge is 2.25. The van der Waals surface area contributed by atoms with Crippen molar-refractivity contribution in [1.82, 2.24) is 39.2 Å². The second-order valence-electron chi connectivity index (χ2n) is 9.17. The van der Waals surface area contributed by atoms with Crippen LogP contribution < -0.4 is 11.1 Å². The van der Waals surface area contributed by atoms with Crippen molar-refractivity contribution in [3.63, 3.8) is 0 Å². The number of rotatable bonds is 4. The summed E-state index contributed by atoms with van der Waals surface area (Å²) in [4.78, 5) is 22.6. The summed E-state index contributed by atoms with van der Waals surface area (Å²) < 4.78 is 5.33. The number of carbonyl (C=O) groups is 1. The molecule has 0 saturated heterocycles. The molecule has 0 radical (unpaired) electrons. The number of amides is 1. The number of aryl methyl sites for hydroxylation is 1. The van der Waals surface area contributed by atoms with Crippen LogP contribution in [0.4, 0.5) is 5.82 Å². The summed E-state index contributed by atoms with van der Waals surface area (Å²) in [5.41, 5.74) is 11.9. The van der Waals surface area contributed by atoms with Gasteiger partial charge in [-0.1, -0.05) is 36.1 Å². The van der Waals surface area contributed by atoms with E-state index in [1.165, 1.54) is 4.52 Å². The number of carbonyl (C=O) groups excluding carboxylic acids is 1. The summed E-state index contributed by atoms with van der Waals surface area (Å²) in [7, 11) is 1.89. The fraction of sp³-hybridized carbons (Fsp3) is 0.138. The van der Waals surface area contributed by atoms with Gasteiger partial charge in [0.1, 0.15) is 11.4 Å². The van der Waals surface area contributed by atoms with Gasteiger partial charge in [0.15, 0.2) is 11.5 Å². The minimum Gasteiger partial charge on any atom is -0.381 e. The Bertz CT molecular complexity index is 1920. The summed E-state index contributed by atoms with van der Waals surface area (Å²) in [6, 6.07) is 17.0. The molecule has 10 heteroatoms. The number of anilines is 1. The Kier molecular flexibility index (Phi) is 5.81. The van der Waals surface area contributed by atoms with E-state index in [2.05, 4.69) is 32.3 Å². The lowest BCUT2D eigenvalue weighted by atomic mass is 10.1. The van der Waals surface area contributed by atoms with Gasteiger partial charge in [-0.2, -0.15) is 5.10 Å². The van der Waals surface area contributed by atoms with Gasteiger partial charge in [-0.25, -0.2) is 14.5 Å². The van der Waals surface area contributed by atoms with E-state index in [4.69, 9.17) is 10.7 Å². The first-order valence-electron chi connectivity index (χ1n) is 12.4. The van der Waals surface area contributed by atoms with Crippen LogP contribution in [0.2, 0.25) is 0 Å². The molecule has 2 aromatic carbocycles. The Hall–Kier alpha value is -5.43. The molecule has 0 fully saturated rings. The highest BCUT2D eigenvalue weighted by atomic mass is 16.1. The van der Waals surface area contributed by atoms with Gasteiger partial charge in [-0.3, -0.25) is 14.0 Å². The minimum atomic E-state index is -0.482. The third kappa shape index (κ3) is 4.16.